The predicted molar refractivity (Wildman–Crippen MR) is 94.5 cm³/mol. The lowest BCUT2D eigenvalue weighted by atomic mass is 10.0. The highest BCUT2D eigenvalue weighted by atomic mass is 35.5. The van der Waals surface area contributed by atoms with E-state index in [0.29, 0.717) is 10.2 Å². The number of anilines is 1. The minimum absolute atomic E-state index is 0.0812. The maximum absolute atomic E-state index is 12.1. The van der Waals surface area contributed by atoms with Crippen LogP contribution in [0.3, 0.4) is 0 Å². The van der Waals surface area contributed by atoms with Crippen molar-refractivity contribution < 1.29 is 4.79 Å². The summed E-state index contributed by atoms with van der Waals surface area (Å²) < 4.78 is 0. The third-order valence-electron chi connectivity index (χ3n) is 3.26. The monoisotopic (exact) mass is 361 g/mol. The molecule has 24 heavy (non-hydrogen) atoms. The number of nitriles is 1. The molecule has 0 spiro atoms. The van der Waals surface area contributed by atoms with E-state index in [1.165, 1.54) is 18.0 Å². The fourth-order valence-electron chi connectivity index (χ4n) is 2.02. The van der Waals surface area contributed by atoms with Crippen LogP contribution in [0.25, 0.3) is 0 Å². The molecule has 2 rings (SSSR count). The fourth-order valence-corrected chi connectivity index (χ4v) is 2.78. The molecule has 124 valence electrons. The number of carbonyl (C=O) groups excluding carboxylic acids is 1. The van der Waals surface area contributed by atoms with Gasteiger partial charge in [-0.15, -0.1) is 0 Å². The van der Waals surface area contributed by atoms with Crippen LogP contribution in [-0.2, 0) is 4.79 Å². The lowest BCUT2D eigenvalue weighted by molar-refractivity contribution is -0.119. The zero-order valence-corrected chi connectivity index (χ0v) is 14.6. The van der Waals surface area contributed by atoms with E-state index < -0.39 is 0 Å². The number of halogens is 1. The zero-order chi connectivity index (χ0) is 17.5. The summed E-state index contributed by atoms with van der Waals surface area (Å²) in [5.74, 6) is 0.145. The minimum Gasteiger partial charge on any atom is -0.382 e. The molecule has 0 aliphatic heterocycles. The number of nitrogens with one attached hydrogen (secondary N) is 1. The van der Waals surface area contributed by atoms with Crippen molar-refractivity contribution in [3.63, 3.8) is 0 Å². The first-order valence-electron chi connectivity index (χ1n) is 7.23. The molecule has 1 atom stereocenters. The zero-order valence-electron chi connectivity index (χ0n) is 13.0. The number of thioether (sulfide) groups is 1. The van der Waals surface area contributed by atoms with Gasteiger partial charge in [0.2, 0.25) is 5.91 Å². The molecule has 0 saturated carbocycles. The average Bonchev–Trinajstić information content (AvgIpc) is 2.59. The summed E-state index contributed by atoms with van der Waals surface area (Å²) in [6.07, 6.45) is 2.11. The summed E-state index contributed by atoms with van der Waals surface area (Å²) >= 11 is 7.05. The number of hydrogen-bond acceptors (Lipinski definition) is 6. The molecule has 0 radical (unpaired) electrons. The van der Waals surface area contributed by atoms with Crippen LogP contribution in [0.5, 0.6) is 0 Å². The Hall–Kier alpha value is -2.30. The van der Waals surface area contributed by atoms with Crippen LogP contribution in [0.15, 0.2) is 35.6 Å². The first-order valence-corrected chi connectivity index (χ1v) is 8.60. The maximum atomic E-state index is 12.1. The Bertz CT molecular complexity index is 760. The van der Waals surface area contributed by atoms with Crippen molar-refractivity contribution in [3.8, 4) is 6.07 Å². The van der Waals surface area contributed by atoms with Crippen LogP contribution in [0.4, 0.5) is 5.82 Å². The van der Waals surface area contributed by atoms with Crippen molar-refractivity contribution in [3.05, 3.63) is 46.6 Å². The Morgan fingerprint density at radius 2 is 2.17 bits per heavy atom. The number of benzene rings is 1. The van der Waals surface area contributed by atoms with E-state index in [1.807, 2.05) is 25.1 Å². The van der Waals surface area contributed by atoms with Crippen LogP contribution in [0.2, 0.25) is 5.02 Å². The van der Waals surface area contributed by atoms with Gasteiger partial charge in [-0.05, 0) is 24.1 Å². The molecule has 2 aromatic rings. The van der Waals surface area contributed by atoms with Gasteiger partial charge in [-0.3, -0.25) is 4.79 Å². The lowest BCUT2D eigenvalue weighted by Gasteiger charge is -2.17. The van der Waals surface area contributed by atoms with Crippen LogP contribution in [-0.4, -0.2) is 21.6 Å². The molecule has 8 heteroatoms. The number of hydrogen-bond donors (Lipinski definition) is 2. The van der Waals surface area contributed by atoms with E-state index in [9.17, 15) is 4.79 Å². The summed E-state index contributed by atoms with van der Waals surface area (Å²) in [7, 11) is 0. The smallest absolute Gasteiger partial charge is 0.230 e. The first kappa shape index (κ1) is 18.0. The summed E-state index contributed by atoms with van der Waals surface area (Å²) in [6, 6.07) is 9.21. The predicted octanol–water partition coefficient (Wildman–Crippen LogP) is 2.94. The molecule has 1 amide bonds. The van der Waals surface area contributed by atoms with Crippen molar-refractivity contribution in [2.24, 2.45) is 0 Å². The van der Waals surface area contributed by atoms with E-state index in [4.69, 9.17) is 22.6 Å². The molecule has 0 bridgehead atoms. The molecule has 1 aromatic heterocycles. The fraction of sp³-hybridized carbons (Fsp3) is 0.250. The average molecular weight is 362 g/mol. The van der Waals surface area contributed by atoms with E-state index in [2.05, 4.69) is 15.3 Å². The van der Waals surface area contributed by atoms with Gasteiger partial charge in [0.1, 0.15) is 17.5 Å². The van der Waals surface area contributed by atoms with Crippen molar-refractivity contribution in [2.75, 3.05) is 11.5 Å². The van der Waals surface area contributed by atoms with E-state index in [-0.39, 0.29) is 29.1 Å². The van der Waals surface area contributed by atoms with Gasteiger partial charge in [0.05, 0.1) is 18.0 Å². The summed E-state index contributed by atoms with van der Waals surface area (Å²) in [6.45, 7) is 2.00. The van der Waals surface area contributed by atoms with Crippen molar-refractivity contribution in [1.82, 2.24) is 15.3 Å². The number of aromatic nitrogens is 2. The van der Waals surface area contributed by atoms with Gasteiger partial charge in [0.15, 0.2) is 5.16 Å². The van der Waals surface area contributed by atoms with Crippen LogP contribution in [0.1, 0.15) is 30.5 Å². The molecule has 1 heterocycles. The molecular weight excluding hydrogens is 346 g/mol. The van der Waals surface area contributed by atoms with Crippen LogP contribution < -0.4 is 11.1 Å². The van der Waals surface area contributed by atoms with Crippen molar-refractivity contribution in [2.45, 2.75) is 24.5 Å². The Morgan fingerprint density at radius 1 is 1.46 bits per heavy atom. The SMILES string of the molecule is CCC(NC(=O)CSc1ncc(C#N)c(N)n1)c1ccc(Cl)cc1. The van der Waals surface area contributed by atoms with Gasteiger partial charge in [-0.25, -0.2) is 9.97 Å². The molecular formula is C16H16ClN5OS. The van der Waals surface area contributed by atoms with Crippen LogP contribution in [0, 0.1) is 11.3 Å². The third kappa shape index (κ3) is 4.85. The molecule has 6 nitrogen and oxygen atoms in total. The third-order valence-corrected chi connectivity index (χ3v) is 4.38. The number of carbonyl (C=O) groups is 1. The number of rotatable bonds is 6. The highest BCUT2D eigenvalue weighted by Crippen LogP contribution is 2.20. The largest absolute Gasteiger partial charge is 0.382 e. The standard InChI is InChI=1S/C16H16ClN5OS/c1-2-13(10-3-5-12(17)6-4-10)21-14(23)9-24-16-20-8-11(7-18)15(19)22-16/h3-6,8,13H,2,9H2,1H3,(H,21,23)(H2,19,20,22). The quantitative estimate of drug-likeness (QED) is 0.605. The number of nitrogens with two attached hydrogens (primary N) is 1. The highest BCUT2D eigenvalue weighted by Gasteiger charge is 2.14. The number of amides is 1. The normalized spacial score (nSPS) is 11.5. The van der Waals surface area contributed by atoms with Crippen molar-refractivity contribution >= 4 is 35.1 Å². The summed E-state index contributed by atoms with van der Waals surface area (Å²) in [4.78, 5) is 20.1. The molecule has 0 aliphatic rings. The second-order valence-corrected chi connectivity index (χ2v) is 6.31. The minimum atomic E-state index is -0.131. The van der Waals surface area contributed by atoms with Gasteiger partial charge >= 0.3 is 0 Å². The molecule has 1 unspecified atom stereocenters. The van der Waals surface area contributed by atoms with Gasteiger partial charge in [0, 0.05) is 5.02 Å². The topological polar surface area (TPSA) is 105 Å². The Labute approximate surface area is 149 Å². The highest BCUT2D eigenvalue weighted by molar-refractivity contribution is 7.99. The van der Waals surface area contributed by atoms with Gasteiger partial charge in [-0.2, -0.15) is 5.26 Å². The molecule has 1 aromatic carbocycles. The van der Waals surface area contributed by atoms with E-state index in [1.54, 1.807) is 12.1 Å². The van der Waals surface area contributed by atoms with Crippen LogP contribution >= 0.6 is 23.4 Å². The van der Waals surface area contributed by atoms with Crippen molar-refractivity contribution in [1.29, 1.82) is 5.26 Å². The molecule has 0 aliphatic carbocycles. The first-order chi connectivity index (χ1) is 11.5. The lowest BCUT2D eigenvalue weighted by Crippen LogP contribution is -2.29. The summed E-state index contributed by atoms with van der Waals surface area (Å²) in [5, 5.41) is 12.8. The van der Waals surface area contributed by atoms with Gasteiger partial charge in [-0.1, -0.05) is 42.4 Å². The Morgan fingerprint density at radius 3 is 2.75 bits per heavy atom. The molecule has 0 saturated heterocycles. The van der Waals surface area contributed by atoms with Gasteiger partial charge in [0.25, 0.3) is 0 Å². The number of nitrogen functional groups attached to an aromatic ring is 1. The summed E-state index contributed by atoms with van der Waals surface area (Å²) in [5.41, 5.74) is 6.85. The number of nitrogens with zero attached hydrogens (tertiary/aromatic N) is 3. The van der Waals surface area contributed by atoms with E-state index >= 15 is 0 Å². The van der Waals surface area contributed by atoms with Gasteiger partial charge < -0.3 is 11.1 Å². The molecule has 3 N–H and O–H groups in total. The second kappa shape index (κ2) is 8.52. The maximum Gasteiger partial charge on any atom is 0.230 e. The Balaban J connectivity index is 1.93. The Kier molecular flexibility index (Phi) is 6.41. The second-order valence-electron chi connectivity index (χ2n) is 4.93. The van der Waals surface area contributed by atoms with E-state index in [0.717, 1.165) is 12.0 Å². The molecule has 0 fully saturated rings.